The molecule has 0 atom stereocenters. The zero-order valence-electron chi connectivity index (χ0n) is 5.61. The summed E-state index contributed by atoms with van der Waals surface area (Å²) in [5.41, 5.74) is 0. The van der Waals surface area contributed by atoms with Crippen LogP contribution in [0, 0.1) is 0 Å². The Morgan fingerprint density at radius 1 is 1.60 bits per heavy atom. The molecule has 10 heavy (non-hydrogen) atoms. The van der Waals surface area contributed by atoms with E-state index in [1.165, 1.54) is 6.08 Å². The Morgan fingerprint density at radius 3 is 2.60 bits per heavy atom. The van der Waals surface area contributed by atoms with E-state index in [0.29, 0.717) is 0 Å². The van der Waals surface area contributed by atoms with E-state index in [1.54, 1.807) is 0 Å². The minimum atomic E-state index is -3.98. The standard InChI is InChI=1S/C3H10O5Si2/c1-2-3-6-10(4,5)8-7-9/h2,4-5H,1,3H2,9H3. The third-order valence-corrected chi connectivity index (χ3v) is 2.01. The lowest BCUT2D eigenvalue weighted by Gasteiger charge is -2.12. The van der Waals surface area contributed by atoms with Crippen molar-refractivity contribution in [2.45, 2.75) is 0 Å². The first kappa shape index (κ1) is 9.97. The summed E-state index contributed by atoms with van der Waals surface area (Å²) in [7, 11) is -3.72. The zero-order chi connectivity index (χ0) is 8.04. The molecule has 0 rings (SSSR count). The van der Waals surface area contributed by atoms with Gasteiger partial charge in [0.15, 0.2) is 10.5 Å². The van der Waals surface area contributed by atoms with E-state index in [-0.39, 0.29) is 17.1 Å². The van der Waals surface area contributed by atoms with Crippen molar-refractivity contribution in [3.63, 3.8) is 0 Å². The van der Waals surface area contributed by atoms with Crippen molar-refractivity contribution < 1.29 is 23.2 Å². The van der Waals surface area contributed by atoms with E-state index < -0.39 is 9.05 Å². The number of hydrogen-bond donors (Lipinski definition) is 2. The Labute approximate surface area is 62.8 Å². The molecule has 0 unspecified atom stereocenters. The Morgan fingerprint density at radius 2 is 2.20 bits per heavy atom. The van der Waals surface area contributed by atoms with Gasteiger partial charge in [0, 0.05) is 0 Å². The molecule has 0 aromatic heterocycles. The van der Waals surface area contributed by atoms with Crippen LogP contribution in [0.5, 0.6) is 0 Å². The van der Waals surface area contributed by atoms with Crippen molar-refractivity contribution in [3.8, 4) is 0 Å². The predicted octanol–water partition coefficient (Wildman–Crippen LogP) is -2.16. The summed E-state index contributed by atoms with van der Waals surface area (Å²) in [5, 5.41) is 0. The van der Waals surface area contributed by atoms with Crippen molar-refractivity contribution in [1.82, 2.24) is 0 Å². The van der Waals surface area contributed by atoms with Crippen molar-refractivity contribution in [2.24, 2.45) is 0 Å². The van der Waals surface area contributed by atoms with Crippen LogP contribution in [0.4, 0.5) is 0 Å². The third kappa shape index (κ3) is 4.82. The first-order chi connectivity index (χ1) is 4.62. The molecule has 0 heterocycles. The quantitative estimate of drug-likeness (QED) is 0.219. The number of hydrogen-bond acceptors (Lipinski definition) is 5. The summed E-state index contributed by atoms with van der Waals surface area (Å²) >= 11 is 0. The highest BCUT2D eigenvalue weighted by Gasteiger charge is 2.37. The molecule has 0 aliphatic rings. The van der Waals surface area contributed by atoms with Crippen molar-refractivity contribution in [3.05, 3.63) is 12.7 Å². The van der Waals surface area contributed by atoms with Crippen molar-refractivity contribution in [1.29, 1.82) is 0 Å². The van der Waals surface area contributed by atoms with E-state index in [9.17, 15) is 0 Å². The fraction of sp³-hybridized carbons (Fsp3) is 0.333. The Kier molecular flexibility index (Phi) is 4.73. The lowest BCUT2D eigenvalue weighted by molar-refractivity contribution is -0.180. The predicted molar refractivity (Wildman–Crippen MR) is 38.4 cm³/mol. The van der Waals surface area contributed by atoms with Gasteiger partial charge in [-0.15, -0.1) is 6.58 Å². The topological polar surface area (TPSA) is 68.2 Å². The molecule has 0 spiro atoms. The molecule has 0 aromatic carbocycles. The Hall–Kier alpha value is -0.0262. The molecule has 0 aliphatic carbocycles. The second-order valence-corrected chi connectivity index (χ2v) is 3.28. The van der Waals surface area contributed by atoms with Gasteiger partial charge in [0.05, 0.1) is 6.61 Å². The molecule has 5 nitrogen and oxygen atoms in total. The van der Waals surface area contributed by atoms with E-state index in [2.05, 4.69) is 20.2 Å². The summed E-state index contributed by atoms with van der Waals surface area (Å²) in [6, 6.07) is 0. The van der Waals surface area contributed by atoms with Crippen LogP contribution in [-0.4, -0.2) is 35.7 Å². The second-order valence-electron chi connectivity index (χ2n) is 1.40. The largest absolute Gasteiger partial charge is 0.701 e. The molecule has 0 saturated heterocycles. The average molecular weight is 182 g/mol. The van der Waals surface area contributed by atoms with Crippen LogP contribution in [-0.2, 0) is 13.6 Å². The summed E-state index contributed by atoms with van der Waals surface area (Å²) in [5.74, 6) is 0. The SMILES string of the molecule is C=CCO[Si](O)(O)OO[SiH3]. The van der Waals surface area contributed by atoms with Crippen molar-refractivity contribution >= 4 is 19.5 Å². The van der Waals surface area contributed by atoms with Gasteiger partial charge in [-0.1, -0.05) is 6.08 Å². The second kappa shape index (κ2) is 4.74. The van der Waals surface area contributed by atoms with Gasteiger partial charge in [-0.3, -0.25) is 0 Å². The van der Waals surface area contributed by atoms with Crippen LogP contribution in [0.25, 0.3) is 0 Å². The van der Waals surface area contributed by atoms with E-state index in [4.69, 9.17) is 9.59 Å². The summed E-state index contributed by atoms with van der Waals surface area (Å²) in [6.45, 7) is 3.34. The van der Waals surface area contributed by atoms with Crippen molar-refractivity contribution in [2.75, 3.05) is 6.61 Å². The van der Waals surface area contributed by atoms with Crippen LogP contribution in [0.2, 0.25) is 0 Å². The number of rotatable bonds is 5. The van der Waals surface area contributed by atoms with E-state index in [0.717, 1.165) is 0 Å². The van der Waals surface area contributed by atoms with Gasteiger partial charge in [0.2, 0.25) is 0 Å². The normalized spacial score (nSPS) is 11.8. The van der Waals surface area contributed by atoms with Gasteiger partial charge < -0.3 is 18.6 Å². The van der Waals surface area contributed by atoms with Crippen LogP contribution in [0.1, 0.15) is 0 Å². The first-order valence-corrected chi connectivity index (χ1v) is 5.06. The summed E-state index contributed by atoms with van der Waals surface area (Å²) < 4.78 is 12.6. The molecule has 0 fully saturated rings. The van der Waals surface area contributed by atoms with Gasteiger partial charge in [0.1, 0.15) is 0 Å². The maximum atomic E-state index is 8.75. The Balaban J connectivity index is 3.51. The summed E-state index contributed by atoms with van der Waals surface area (Å²) in [6.07, 6.45) is 1.38. The van der Waals surface area contributed by atoms with Gasteiger partial charge >= 0.3 is 9.05 Å². The third-order valence-electron chi connectivity index (χ3n) is 0.581. The molecule has 0 radical (unpaired) electrons. The fourth-order valence-electron chi connectivity index (χ4n) is 0.300. The van der Waals surface area contributed by atoms with Gasteiger partial charge in [-0.2, -0.15) is 0 Å². The Bertz CT molecular complexity index is 105. The van der Waals surface area contributed by atoms with Gasteiger partial charge in [0.25, 0.3) is 0 Å². The van der Waals surface area contributed by atoms with E-state index >= 15 is 0 Å². The van der Waals surface area contributed by atoms with E-state index in [1.807, 2.05) is 0 Å². The molecule has 0 amide bonds. The minimum Gasteiger partial charge on any atom is -0.366 e. The minimum absolute atomic E-state index is 0.0319. The molecule has 60 valence electrons. The molecular formula is C3H10O5Si2. The van der Waals surface area contributed by atoms with Gasteiger partial charge in [-0.05, 0) is 0 Å². The van der Waals surface area contributed by atoms with Crippen LogP contribution < -0.4 is 0 Å². The van der Waals surface area contributed by atoms with Crippen LogP contribution >= 0.6 is 0 Å². The average Bonchev–Trinajstić information content (AvgIpc) is 1.84. The van der Waals surface area contributed by atoms with Gasteiger partial charge in [-0.25, -0.2) is 4.58 Å². The monoisotopic (exact) mass is 182 g/mol. The maximum absolute atomic E-state index is 8.75. The van der Waals surface area contributed by atoms with Crippen LogP contribution in [0.3, 0.4) is 0 Å². The highest BCUT2D eigenvalue weighted by atomic mass is 28.4. The molecule has 0 aromatic rings. The lowest BCUT2D eigenvalue weighted by atomic mass is 10.7. The maximum Gasteiger partial charge on any atom is 0.701 e. The molecular weight excluding hydrogens is 172 g/mol. The van der Waals surface area contributed by atoms with Crippen LogP contribution in [0.15, 0.2) is 12.7 Å². The first-order valence-electron chi connectivity index (χ1n) is 2.54. The molecule has 2 N–H and O–H groups in total. The molecule has 0 bridgehead atoms. The molecule has 0 saturated carbocycles. The lowest BCUT2D eigenvalue weighted by Crippen LogP contribution is -2.42. The fourth-order valence-corrected chi connectivity index (χ4v) is 1.55. The smallest absolute Gasteiger partial charge is 0.366 e. The molecule has 0 aliphatic heterocycles. The molecule has 7 heteroatoms. The zero-order valence-corrected chi connectivity index (χ0v) is 8.61. The highest BCUT2D eigenvalue weighted by molar-refractivity contribution is 6.50. The summed E-state index contributed by atoms with van der Waals surface area (Å²) in [4.78, 5) is 17.5. The highest BCUT2D eigenvalue weighted by Crippen LogP contribution is 1.96.